The van der Waals surface area contributed by atoms with Crippen molar-refractivity contribution in [2.45, 2.75) is 78.0 Å². The Morgan fingerprint density at radius 3 is 1.28 bits per heavy atom. The van der Waals surface area contributed by atoms with Crippen LogP contribution in [0.25, 0.3) is 0 Å². The third-order valence-corrected chi connectivity index (χ3v) is 11.6. The Labute approximate surface area is 159 Å². The van der Waals surface area contributed by atoms with Crippen LogP contribution in [0.4, 0.5) is 11.4 Å². The Morgan fingerprint density at radius 1 is 0.680 bits per heavy atom. The van der Waals surface area contributed by atoms with Gasteiger partial charge in [-0.3, -0.25) is 0 Å². The number of hydrogen-bond acceptors (Lipinski definition) is 2. The van der Waals surface area contributed by atoms with Gasteiger partial charge >= 0.3 is 7.55 Å². The summed E-state index contributed by atoms with van der Waals surface area (Å²) in [7, 11) is 2.40. The lowest BCUT2D eigenvalue weighted by molar-refractivity contribution is 0.992. The zero-order valence-electron chi connectivity index (χ0n) is 17.4. The average molecular weight is 377 g/mol. The summed E-state index contributed by atoms with van der Waals surface area (Å²) in [6.45, 7) is 19.1. The first-order chi connectivity index (χ1) is 11.7. The minimum Gasteiger partial charge on any atom is -0.393 e. The monoisotopic (exact) mass is 377 g/mol. The van der Waals surface area contributed by atoms with Gasteiger partial charge in [-0.15, -0.1) is 0 Å². The normalized spacial score (nSPS) is 14.6. The minimum absolute atomic E-state index is 0.00512. The minimum atomic E-state index is -0.00512. The van der Waals surface area contributed by atoms with Gasteiger partial charge in [-0.25, -0.2) is 0 Å². The summed E-state index contributed by atoms with van der Waals surface area (Å²) in [4.78, 5) is 5.07. The molecule has 0 saturated heterocycles. The second-order valence-corrected chi connectivity index (χ2v) is 15.0. The molecular formula is C20H36BN2P2. The zero-order valence-corrected chi connectivity index (χ0v) is 19.2. The molecule has 1 heterocycles. The van der Waals surface area contributed by atoms with Crippen LogP contribution in [0.15, 0.2) is 24.3 Å². The largest absolute Gasteiger partial charge is 0.393 e. The van der Waals surface area contributed by atoms with E-state index in [4.69, 9.17) is 0 Å². The first-order valence-corrected chi connectivity index (χ1v) is 13.0. The lowest BCUT2D eigenvalue weighted by Crippen LogP contribution is -2.37. The van der Waals surface area contributed by atoms with Crippen LogP contribution < -0.4 is 9.62 Å². The molecule has 139 valence electrons. The van der Waals surface area contributed by atoms with Crippen LogP contribution >= 0.6 is 15.8 Å². The predicted octanol–water partition coefficient (Wildman–Crippen LogP) is 6.36. The van der Waals surface area contributed by atoms with Gasteiger partial charge in [0.25, 0.3) is 0 Å². The highest BCUT2D eigenvalue weighted by atomic mass is 31.1. The summed E-state index contributed by atoms with van der Waals surface area (Å²) in [6.07, 6.45) is 2.36. The number of nitrogens with zero attached hydrogens (tertiary/aromatic N) is 2. The van der Waals surface area contributed by atoms with Crippen LogP contribution in [0.1, 0.15) is 55.4 Å². The molecule has 25 heavy (non-hydrogen) atoms. The lowest BCUT2D eigenvalue weighted by Gasteiger charge is -2.33. The van der Waals surface area contributed by atoms with Crippen molar-refractivity contribution in [3.8, 4) is 0 Å². The van der Waals surface area contributed by atoms with Gasteiger partial charge < -0.3 is 9.62 Å². The molecule has 0 fully saturated rings. The number of anilines is 2. The fraction of sp³-hybridized carbons (Fsp3) is 0.700. The van der Waals surface area contributed by atoms with Gasteiger partial charge in [0, 0.05) is 23.9 Å². The first-order valence-electron chi connectivity index (χ1n) is 9.71. The van der Waals surface area contributed by atoms with Gasteiger partial charge in [-0.1, -0.05) is 83.4 Å². The molecule has 0 saturated carbocycles. The second-order valence-electron chi connectivity index (χ2n) is 8.23. The number of benzene rings is 1. The molecule has 1 aliphatic heterocycles. The maximum atomic E-state index is 2.54. The van der Waals surface area contributed by atoms with Crippen molar-refractivity contribution < 1.29 is 0 Å². The van der Waals surface area contributed by atoms with E-state index < -0.39 is 0 Å². The van der Waals surface area contributed by atoms with E-state index in [0.717, 1.165) is 22.6 Å². The molecule has 1 aromatic carbocycles. The van der Waals surface area contributed by atoms with Gasteiger partial charge in [-0.05, 0) is 34.8 Å². The molecule has 1 aromatic rings. The first kappa shape index (κ1) is 21.0. The van der Waals surface area contributed by atoms with E-state index in [2.05, 4.69) is 96.8 Å². The summed E-state index contributed by atoms with van der Waals surface area (Å²) >= 11 is 0. The van der Waals surface area contributed by atoms with Crippen LogP contribution in [0.2, 0.25) is 0 Å². The van der Waals surface area contributed by atoms with Crippen LogP contribution in [0, 0.1) is 0 Å². The Hall–Kier alpha value is -0.255. The molecule has 2 rings (SSSR count). The molecule has 0 aliphatic carbocycles. The molecule has 1 radical (unpaired) electrons. The molecule has 5 heteroatoms. The van der Waals surface area contributed by atoms with Gasteiger partial charge in [0.05, 0.1) is 0 Å². The number of rotatable bonds is 8. The van der Waals surface area contributed by atoms with Crippen LogP contribution in [0.5, 0.6) is 0 Å². The van der Waals surface area contributed by atoms with Crippen molar-refractivity contribution in [2.24, 2.45) is 0 Å². The quantitative estimate of drug-likeness (QED) is 0.384. The topological polar surface area (TPSA) is 6.48 Å². The van der Waals surface area contributed by atoms with Crippen molar-refractivity contribution in [3.05, 3.63) is 24.3 Å². The van der Waals surface area contributed by atoms with E-state index in [-0.39, 0.29) is 15.8 Å². The van der Waals surface area contributed by atoms with Crippen LogP contribution in [0.3, 0.4) is 0 Å². The van der Waals surface area contributed by atoms with Gasteiger partial charge in [0.2, 0.25) is 0 Å². The smallest absolute Gasteiger partial charge is 0.392 e. The molecule has 2 nitrogen and oxygen atoms in total. The molecule has 0 amide bonds. The standard InChI is InChI=1S/C20H36BN2P2/c1-15(2)24(16(3)4)13-22-19-11-9-10-12-20(19)23(21-22)14-25(17(5)6)18(7)8/h9-12,15-18H,13-14H2,1-8H3. The van der Waals surface area contributed by atoms with E-state index in [1.807, 2.05) is 0 Å². The Bertz CT molecular complexity index is 485. The summed E-state index contributed by atoms with van der Waals surface area (Å²) < 4.78 is 0. The SMILES string of the molecule is CC(C)P(CN1[B]N(CP(C(C)C)C(C)C)c2ccccc21)C(C)C. The molecular weight excluding hydrogens is 341 g/mol. The highest BCUT2D eigenvalue weighted by Crippen LogP contribution is 2.51. The number of para-hydroxylation sites is 2. The molecule has 0 spiro atoms. The molecule has 0 N–H and O–H groups in total. The maximum absolute atomic E-state index is 2.54. The third kappa shape index (κ3) is 5.14. The molecule has 0 aromatic heterocycles. The summed E-state index contributed by atoms with van der Waals surface area (Å²) in [5, 5.41) is 0. The molecule has 0 atom stereocenters. The van der Waals surface area contributed by atoms with E-state index in [9.17, 15) is 0 Å². The van der Waals surface area contributed by atoms with Gasteiger partial charge in [-0.2, -0.15) is 0 Å². The second kappa shape index (κ2) is 9.10. The van der Waals surface area contributed by atoms with Gasteiger partial charge in [0.1, 0.15) is 0 Å². The molecule has 0 unspecified atom stereocenters. The van der Waals surface area contributed by atoms with E-state index in [1.54, 1.807) is 0 Å². The summed E-state index contributed by atoms with van der Waals surface area (Å²) in [6, 6.07) is 8.97. The van der Waals surface area contributed by atoms with Crippen LogP contribution in [-0.2, 0) is 0 Å². The van der Waals surface area contributed by atoms with E-state index >= 15 is 0 Å². The lowest BCUT2D eigenvalue weighted by atomic mass is 10.1. The highest BCUT2D eigenvalue weighted by molar-refractivity contribution is 7.59. The maximum Gasteiger partial charge on any atom is 0.392 e. The Kier molecular flexibility index (Phi) is 7.66. The fourth-order valence-electron chi connectivity index (χ4n) is 3.67. The van der Waals surface area contributed by atoms with Gasteiger partial charge in [0.15, 0.2) is 0 Å². The van der Waals surface area contributed by atoms with E-state index in [1.165, 1.54) is 23.9 Å². The highest BCUT2D eigenvalue weighted by Gasteiger charge is 2.33. The van der Waals surface area contributed by atoms with Crippen molar-refractivity contribution in [1.29, 1.82) is 0 Å². The van der Waals surface area contributed by atoms with Crippen molar-refractivity contribution in [3.63, 3.8) is 0 Å². The fourth-order valence-corrected chi connectivity index (χ4v) is 8.51. The van der Waals surface area contributed by atoms with Crippen molar-refractivity contribution in [2.75, 3.05) is 22.2 Å². The Balaban J connectivity index is 2.21. The number of fused-ring (bicyclic) bond motifs is 1. The zero-order chi connectivity index (χ0) is 18.7. The number of hydrogen-bond donors (Lipinski definition) is 0. The predicted molar refractivity (Wildman–Crippen MR) is 121 cm³/mol. The van der Waals surface area contributed by atoms with Crippen LogP contribution in [-0.4, -0.2) is 42.8 Å². The molecule has 1 aliphatic rings. The van der Waals surface area contributed by atoms with Crippen molar-refractivity contribution in [1.82, 2.24) is 0 Å². The molecule has 0 bridgehead atoms. The summed E-state index contributed by atoms with van der Waals surface area (Å²) in [5.41, 5.74) is 5.89. The summed E-state index contributed by atoms with van der Waals surface area (Å²) in [5.74, 6) is 0. The Morgan fingerprint density at radius 2 is 1.00 bits per heavy atom. The van der Waals surface area contributed by atoms with E-state index in [0.29, 0.717) is 0 Å². The van der Waals surface area contributed by atoms with Crippen molar-refractivity contribution >= 4 is 34.8 Å². The third-order valence-electron chi connectivity index (χ3n) is 5.06. The average Bonchev–Trinajstić information content (AvgIpc) is 2.87.